The van der Waals surface area contributed by atoms with Crippen molar-refractivity contribution in [1.29, 1.82) is 0 Å². The number of alkyl halides is 2. The number of anilines is 1. The summed E-state index contributed by atoms with van der Waals surface area (Å²) < 4.78 is 38.4. The standard InChI is InChI=1S/C13H12F2N4O6/c1-23-8-5-6(3-4-7(8)25-13(14)15)16-11(20)9-10(19(21)22)12(24-2)18-17-9/h3-5,13H,1-2H3,(H,16,20)(H,17,18). The maximum Gasteiger partial charge on any atom is 0.387 e. The minimum Gasteiger partial charge on any atom is -0.493 e. The number of amides is 1. The monoisotopic (exact) mass is 358 g/mol. The van der Waals surface area contributed by atoms with Crippen LogP contribution in [0.3, 0.4) is 0 Å². The highest BCUT2D eigenvalue weighted by Gasteiger charge is 2.30. The topological polar surface area (TPSA) is 129 Å². The third kappa shape index (κ3) is 3.91. The Kier molecular flexibility index (Phi) is 5.31. The predicted octanol–water partition coefficient (Wildman–Crippen LogP) is 2.19. The molecule has 0 aliphatic rings. The molecule has 0 fully saturated rings. The minimum atomic E-state index is -3.05. The number of halogens is 2. The average molecular weight is 358 g/mol. The van der Waals surface area contributed by atoms with Gasteiger partial charge in [0.2, 0.25) is 5.69 Å². The number of aromatic nitrogens is 2. The number of hydrogen-bond donors (Lipinski definition) is 2. The lowest BCUT2D eigenvalue weighted by molar-refractivity contribution is -0.386. The number of carbonyl (C=O) groups excluding carboxylic acids is 1. The van der Waals surface area contributed by atoms with Crippen molar-refractivity contribution in [3.05, 3.63) is 34.0 Å². The highest BCUT2D eigenvalue weighted by molar-refractivity contribution is 6.06. The molecule has 1 aromatic heterocycles. The van der Waals surface area contributed by atoms with Crippen molar-refractivity contribution in [2.24, 2.45) is 0 Å². The molecule has 0 spiro atoms. The maximum absolute atomic E-state index is 12.3. The van der Waals surface area contributed by atoms with Gasteiger partial charge < -0.3 is 19.5 Å². The summed E-state index contributed by atoms with van der Waals surface area (Å²) in [5, 5.41) is 19.1. The summed E-state index contributed by atoms with van der Waals surface area (Å²) in [4.78, 5) is 22.4. The summed E-state index contributed by atoms with van der Waals surface area (Å²) >= 11 is 0. The first-order valence-electron chi connectivity index (χ1n) is 6.58. The second-order valence-corrected chi connectivity index (χ2v) is 4.41. The number of aromatic amines is 1. The first-order chi connectivity index (χ1) is 11.9. The first-order valence-corrected chi connectivity index (χ1v) is 6.58. The highest BCUT2D eigenvalue weighted by atomic mass is 19.3. The Balaban J connectivity index is 2.27. The summed E-state index contributed by atoms with van der Waals surface area (Å²) in [5.74, 6) is -1.53. The zero-order valence-electron chi connectivity index (χ0n) is 12.9. The summed E-state index contributed by atoms with van der Waals surface area (Å²) in [5.41, 5.74) is -0.940. The van der Waals surface area contributed by atoms with Gasteiger partial charge in [-0.3, -0.25) is 20.0 Å². The van der Waals surface area contributed by atoms with Crippen molar-refractivity contribution in [3.63, 3.8) is 0 Å². The SMILES string of the molecule is COc1cc(NC(=O)c2[nH]nc(OC)c2[N+](=O)[O-])ccc1OC(F)F. The fourth-order valence-electron chi connectivity index (χ4n) is 1.92. The van der Waals surface area contributed by atoms with E-state index in [0.29, 0.717) is 0 Å². The molecule has 0 radical (unpaired) electrons. The highest BCUT2D eigenvalue weighted by Crippen LogP contribution is 2.32. The number of nitrogens with one attached hydrogen (secondary N) is 2. The van der Waals surface area contributed by atoms with Crippen LogP contribution in [0.5, 0.6) is 17.4 Å². The molecule has 0 atom stereocenters. The number of benzene rings is 1. The number of rotatable bonds is 7. The fraction of sp³-hybridized carbons (Fsp3) is 0.231. The number of ether oxygens (including phenoxy) is 3. The van der Waals surface area contributed by atoms with Crippen LogP contribution in [0.1, 0.15) is 10.5 Å². The Morgan fingerprint density at radius 1 is 1.32 bits per heavy atom. The molecule has 0 bridgehead atoms. The Labute approximate surface area is 138 Å². The molecule has 1 heterocycles. The van der Waals surface area contributed by atoms with Gasteiger partial charge in [0.15, 0.2) is 11.5 Å². The van der Waals surface area contributed by atoms with Crippen LogP contribution in [0.25, 0.3) is 0 Å². The minimum absolute atomic E-state index is 0.0604. The lowest BCUT2D eigenvalue weighted by atomic mass is 10.2. The van der Waals surface area contributed by atoms with Gasteiger partial charge in [-0.05, 0) is 12.1 Å². The molecule has 1 amide bonds. The number of H-pyrrole nitrogens is 1. The Morgan fingerprint density at radius 3 is 2.60 bits per heavy atom. The Hall–Kier alpha value is -3.44. The number of carbonyl (C=O) groups is 1. The van der Waals surface area contributed by atoms with E-state index in [9.17, 15) is 23.7 Å². The molecule has 2 aromatic rings. The summed E-state index contributed by atoms with van der Waals surface area (Å²) in [6.45, 7) is -3.05. The van der Waals surface area contributed by atoms with Crippen molar-refractivity contribution in [2.75, 3.05) is 19.5 Å². The fourth-order valence-corrected chi connectivity index (χ4v) is 1.92. The molecular formula is C13H12F2N4O6. The van der Waals surface area contributed by atoms with E-state index in [4.69, 9.17) is 9.47 Å². The molecule has 0 unspecified atom stereocenters. The van der Waals surface area contributed by atoms with Gasteiger partial charge in [-0.1, -0.05) is 0 Å². The van der Waals surface area contributed by atoms with E-state index in [0.717, 1.165) is 13.2 Å². The summed E-state index contributed by atoms with van der Waals surface area (Å²) in [6.07, 6.45) is 0. The molecule has 0 saturated heterocycles. The normalized spacial score (nSPS) is 10.4. The van der Waals surface area contributed by atoms with Gasteiger partial charge in [0, 0.05) is 11.8 Å². The van der Waals surface area contributed by atoms with Gasteiger partial charge in [-0.15, -0.1) is 5.10 Å². The Bertz CT molecular complexity index is 795. The zero-order valence-corrected chi connectivity index (χ0v) is 12.9. The third-order valence-corrected chi connectivity index (χ3v) is 2.95. The second-order valence-electron chi connectivity index (χ2n) is 4.41. The first kappa shape index (κ1) is 17.9. The Morgan fingerprint density at radius 2 is 2.04 bits per heavy atom. The molecule has 10 nitrogen and oxygen atoms in total. The van der Waals surface area contributed by atoms with Gasteiger partial charge >= 0.3 is 18.2 Å². The largest absolute Gasteiger partial charge is 0.493 e. The molecule has 0 aliphatic carbocycles. The third-order valence-electron chi connectivity index (χ3n) is 2.95. The molecule has 1 aromatic carbocycles. The van der Waals surface area contributed by atoms with Gasteiger partial charge in [-0.2, -0.15) is 8.78 Å². The van der Waals surface area contributed by atoms with Crippen molar-refractivity contribution in [1.82, 2.24) is 10.2 Å². The maximum atomic E-state index is 12.3. The van der Waals surface area contributed by atoms with Crippen molar-refractivity contribution < 1.29 is 32.7 Å². The molecule has 134 valence electrons. The average Bonchev–Trinajstić information content (AvgIpc) is 3.00. The van der Waals surface area contributed by atoms with E-state index >= 15 is 0 Å². The molecular weight excluding hydrogens is 346 g/mol. The van der Waals surface area contributed by atoms with Crippen molar-refractivity contribution in [3.8, 4) is 17.4 Å². The van der Waals surface area contributed by atoms with Crippen LogP contribution in [0.2, 0.25) is 0 Å². The van der Waals surface area contributed by atoms with Crippen LogP contribution in [-0.2, 0) is 0 Å². The van der Waals surface area contributed by atoms with Crippen LogP contribution in [-0.4, -0.2) is 41.9 Å². The van der Waals surface area contributed by atoms with Crippen LogP contribution < -0.4 is 19.5 Å². The number of hydrogen-bond acceptors (Lipinski definition) is 7. The van der Waals surface area contributed by atoms with Crippen molar-refractivity contribution >= 4 is 17.3 Å². The predicted molar refractivity (Wildman–Crippen MR) is 79.4 cm³/mol. The second kappa shape index (κ2) is 7.42. The van der Waals surface area contributed by atoms with Gasteiger partial charge in [0.25, 0.3) is 5.91 Å². The van der Waals surface area contributed by atoms with Gasteiger partial charge in [-0.25, -0.2) is 0 Å². The molecule has 0 aliphatic heterocycles. The molecule has 25 heavy (non-hydrogen) atoms. The zero-order chi connectivity index (χ0) is 18.6. The van der Waals surface area contributed by atoms with E-state index in [1.54, 1.807) is 0 Å². The lowest BCUT2D eigenvalue weighted by Gasteiger charge is -2.11. The number of methoxy groups -OCH3 is 2. The lowest BCUT2D eigenvalue weighted by Crippen LogP contribution is -2.14. The molecule has 12 heteroatoms. The van der Waals surface area contributed by atoms with Gasteiger partial charge in [0.05, 0.1) is 19.1 Å². The molecule has 2 N–H and O–H groups in total. The summed E-state index contributed by atoms with van der Waals surface area (Å²) in [6, 6.07) is 3.63. The molecule has 0 saturated carbocycles. The smallest absolute Gasteiger partial charge is 0.387 e. The number of nitrogens with zero attached hydrogens (tertiary/aromatic N) is 2. The van der Waals surface area contributed by atoms with Crippen molar-refractivity contribution in [2.45, 2.75) is 6.61 Å². The quantitative estimate of drug-likeness (QED) is 0.573. The van der Waals surface area contributed by atoms with Crippen LogP contribution in [0, 0.1) is 10.1 Å². The summed E-state index contributed by atoms with van der Waals surface area (Å²) in [7, 11) is 2.39. The van der Waals surface area contributed by atoms with Gasteiger partial charge in [0.1, 0.15) is 0 Å². The van der Waals surface area contributed by atoms with Crippen LogP contribution in [0.4, 0.5) is 20.2 Å². The number of nitro groups is 1. The van der Waals surface area contributed by atoms with E-state index in [2.05, 4.69) is 20.3 Å². The van der Waals surface area contributed by atoms with Crippen LogP contribution in [0.15, 0.2) is 18.2 Å². The van der Waals surface area contributed by atoms with E-state index in [-0.39, 0.29) is 23.1 Å². The van der Waals surface area contributed by atoms with E-state index < -0.39 is 28.8 Å². The van der Waals surface area contributed by atoms with Crippen LogP contribution >= 0.6 is 0 Å². The van der Waals surface area contributed by atoms with E-state index in [1.165, 1.54) is 19.2 Å². The molecule has 2 rings (SSSR count). The van der Waals surface area contributed by atoms with E-state index in [1.807, 2.05) is 0 Å².